The molecule has 0 aromatic carbocycles. The Balaban J connectivity index is 1.91. The molecule has 0 amide bonds. The summed E-state index contributed by atoms with van der Waals surface area (Å²) >= 11 is 0. The fourth-order valence-electron chi connectivity index (χ4n) is 1.80. The highest BCUT2D eigenvalue weighted by Gasteiger charge is 2.50. The van der Waals surface area contributed by atoms with E-state index in [4.69, 9.17) is 5.73 Å². The van der Waals surface area contributed by atoms with Gasteiger partial charge in [0.15, 0.2) is 0 Å². The Morgan fingerprint density at radius 1 is 1.40 bits per heavy atom. The van der Waals surface area contributed by atoms with Crippen molar-refractivity contribution in [2.75, 3.05) is 13.1 Å². The third kappa shape index (κ3) is 0.772. The van der Waals surface area contributed by atoms with Crippen LogP contribution in [0.4, 0.5) is 4.39 Å². The van der Waals surface area contributed by atoms with Crippen LogP contribution in [0.5, 0.6) is 0 Å². The first-order chi connectivity index (χ1) is 4.71. The van der Waals surface area contributed by atoms with E-state index < -0.39 is 5.67 Å². The minimum absolute atomic E-state index is 0.130. The number of alkyl halides is 1. The fourth-order valence-corrected chi connectivity index (χ4v) is 1.80. The minimum atomic E-state index is -0.898. The van der Waals surface area contributed by atoms with Crippen molar-refractivity contribution < 1.29 is 4.39 Å². The van der Waals surface area contributed by atoms with Crippen LogP contribution in [0.1, 0.15) is 12.8 Å². The van der Waals surface area contributed by atoms with E-state index in [1.54, 1.807) is 0 Å². The quantitative estimate of drug-likeness (QED) is 0.545. The van der Waals surface area contributed by atoms with Crippen LogP contribution in [0.2, 0.25) is 0 Å². The van der Waals surface area contributed by atoms with Crippen molar-refractivity contribution in [1.82, 2.24) is 5.32 Å². The van der Waals surface area contributed by atoms with Crippen LogP contribution in [0.25, 0.3) is 0 Å². The number of halogens is 1. The highest BCUT2D eigenvalue weighted by Crippen LogP contribution is 2.42. The lowest BCUT2D eigenvalue weighted by Crippen LogP contribution is -2.62. The van der Waals surface area contributed by atoms with Crippen molar-refractivity contribution in [2.45, 2.75) is 24.6 Å². The summed E-state index contributed by atoms with van der Waals surface area (Å²) in [6.07, 6.45) is 1.17. The van der Waals surface area contributed by atoms with Gasteiger partial charge < -0.3 is 11.1 Å². The van der Waals surface area contributed by atoms with E-state index in [9.17, 15) is 4.39 Å². The molecule has 1 aliphatic heterocycles. The first-order valence-corrected chi connectivity index (χ1v) is 3.86. The average Bonchev–Trinajstić information content (AvgIpc) is 1.54. The number of rotatable bonds is 1. The molecular weight excluding hydrogens is 131 g/mol. The van der Waals surface area contributed by atoms with Crippen molar-refractivity contribution in [3.8, 4) is 0 Å². The van der Waals surface area contributed by atoms with Gasteiger partial charge in [-0.3, -0.25) is 0 Å². The fraction of sp³-hybridized carbons (Fsp3) is 1.00. The first kappa shape index (κ1) is 6.55. The molecule has 3 heteroatoms. The second-order valence-corrected chi connectivity index (χ2v) is 3.56. The van der Waals surface area contributed by atoms with Crippen LogP contribution < -0.4 is 11.1 Å². The molecule has 2 aliphatic rings. The number of hydrogen-bond donors (Lipinski definition) is 2. The molecule has 58 valence electrons. The normalized spacial score (nSPS) is 48.0. The van der Waals surface area contributed by atoms with E-state index in [0.29, 0.717) is 12.8 Å². The Bertz CT molecular complexity index is 139. The zero-order valence-electron chi connectivity index (χ0n) is 5.94. The third-order valence-corrected chi connectivity index (χ3v) is 2.72. The molecule has 2 fully saturated rings. The van der Waals surface area contributed by atoms with Gasteiger partial charge >= 0.3 is 0 Å². The van der Waals surface area contributed by atoms with Gasteiger partial charge in [0.25, 0.3) is 0 Å². The SMILES string of the molecule is NC1CC(F)(C2CNC2)C1. The molecule has 1 saturated carbocycles. The van der Waals surface area contributed by atoms with Crippen molar-refractivity contribution in [3.05, 3.63) is 0 Å². The molecule has 10 heavy (non-hydrogen) atoms. The predicted octanol–water partition coefficient (Wildman–Crippen LogP) is 0.0352. The zero-order chi connectivity index (χ0) is 7.19. The van der Waals surface area contributed by atoms with E-state index in [2.05, 4.69) is 5.32 Å². The van der Waals surface area contributed by atoms with Crippen LogP contribution in [-0.2, 0) is 0 Å². The molecule has 2 rings (SSSR count). The number of nitrogens with two attached hydrogens (primary N) is 1. The molecule has 3 N–H and O–H groups in total. The third-order valence-electron chi connectivity index (χ3n) is 2.72. The maximum atomic E-state index is 13.5. The molecule has 0 bridgehead atoms. The van der Waals surface area contributed by atoms with Crippen LogP contribution in [-0.4, -0.2) is 24.8 Å². The number of hydrogen-bond acceptors (Lipinski definition) is 2. The summed E-state index contributed by atoms with van der Waals surface area (Å²) in [4.78, 5) is 0. The smallest absolute Gasteiger partial charge is 0.119 e. The largest absolute Gasteiger partial charge is 0.327 e. The van der Waals surface area contributed by atoms with Gasteiger partial charge in [-0.05, 0) is 12.8 Å². The van der Waals surface area contributed by atoms with Crippen molar-refractivity contribution in [1.29, 1.82) is 0 Å². The predicted molar refractivity (Wildman–Crippen MR) is 37.4 cm³/mol. The maximum Gasteiger partial charge on any atom is 0.119 e. The van der Waals surface area contributed by atoms with Gasteiger partial charge in [-0.2, -0.15) is 0 Å². The lowest BCUT2D eigenvalue weighted by molar-refractivity contribution is -0.0363. The Morgan fingerprint density at radius 3 is 2.30 bits per heavy atom. The van der Waals surface area contributed by atoms with Crippen LogP contribution in [0, 0.1) is 5.92 Å². The average molecular weight is 144 g/mol. The standard InChI is InChI=1S/C7H13FN2/c8-7(1-6(9)2-7)5-3-10-4-5/h5-6,10H,1-4,9H2. The molecular formula is C7H13FN2. The van der Waals surface area contributed by atoms with E-state index in [1.807, 2.05) is 0 Å². The summed E-state index contributed by atoms with van der Waals surface area (Å²) in [6, 6.07) is 0.130. The minimum Gasteiger partial charge on any atom is -0.327 e. The van der Waals surface area contributed by atoms with E-state index in [1.165, 1.54) is 0 Å². The molecule has 0 unspecified atom stereocenters. The molecule has 1 heterocycles. The topological polar surface area (TPSA) is 38.0 Å². The van der Waals surface area contributed by atoms with Gasteiger partial charge in [-0.15, -0.1) is 0 Å². The van der Waals surface area contributed by atoms with E-state index in [0.717, 1.165) is 13.1 Å². The lowest BCUT2D eigenvalue weighted by Gasteiger charge is -2.48. The highest BCUT2D eigenvalue weighted by atomic mass is 19.1. The van der Waals surface area contributed by atoms with Gasteiger partial charge in [0.1, 0.15) is 5.67 Å². The monoisotopic (exact) mass is 144 g/mol. The second kappa shape index (κ2) is 1.92. The van der Waals surface area contributed by atoms with Crippen molar-refractivity contribution >= 4 is 0 Å². The molecule has 0 radical (unpaired) electrons. The van der Waals surface area contributed by atoms with Gasteiger partial charge in [0.2, 0.25) is 0 Å². The molecule has 1 saturated heterocycles. The first-order valence-electron chi connectivity index (χ1n) is 3.86. The van der Waals surface area contributed by atoms with Gasteiger partial charge in [0.05, 0.1) is 0 Å². The summed E-state index contributed by atoms with van der Waals surface area (Å²) in [6.45, 7) is 1.70. The zero-order valence-corrected chi connectivity index (χ0v) is 5.94. The Labute approximate surface area is 60.0 Å². The van der Waals surface area contributed by atoms with E-state index in [-0.39, 0.29) is 12.0 Å². The number of nitrogens with one attached hydrogen (secondary N) is 1. The van der Waals surface area contributed by atoms with Crippen LogP contribution in [0.3, 0.4) is 0 Å². The summed E-state index contributed by atoms with van der Waals surface area (Å²) in [5, 5.41) is 3.07. The lowest BCUT2D eigenvalue weighted by atomic mass is 9.68. The maximum absolute atomic E-state index is 13.5. The Kier molecular flexibility index (Phi) is 1.26. The second-order valence-electron chi connectivity index (χ2n) is 3.56. The summed E-state index contributed by atoms with van der Waals surface area (Å²) < 4.78 is 13.5. The van der Waals surface area contributed by atoms with E-state index >= 15 is 0 Å². The molecule has 0 spiro atoms. The van der Waals surface area contributed by atoms with Gasteiger partial charge in [-0.25, -0.2) is 4.39 Å². The molecule has 0 aromatic rings. The highest BCUT2D eigenvalue weighted by molar-refractivity contribution is 5.05. The van der Waals surface area contributed by atoms with Crippen molar-refractivity contribution in [2.24, 2.45) is 11.7 Å². The van der Waals surface area contributed by atoms with Gasteiger partial charge in [-0.1, -0.05) is 0 Å². The summed E-state index contributed by atoms with van der Waals surface area (Å²) in [7, 11) is 0. The van der Waals surface area contributed by atoms with Gasteiger partial charge in [0, 0.05) is 25.0 Å². The Morgan fingerprint density at radius 2 is 2.00 bits per heavy atom. The molecule has 1 aliphatic carbocycles. The Hall–Kier alpha value is -0.150. The van der Waals surface area contributed by atoms with Crippen LogP contribution in [0.15, 0.2) is 0 Å². The van der Waals surface area contributed by atoms with Crippen LogP contribution >= 0.6 is 0 Å². The van der Waals surface area contributed by atoms with Crippen molar-refractivity contribution in [3.63, 3.8) is 0 Å². The molecule has 0 aromatic heterocycles. The molecule has 2 nitrogen and oxygen atoms in total. The molecule has 0 atom stereocenters. The summed E-state index contributed by atoms with van der Waals surface area (Å²) in [5.41, 5.74) is 4.61. The summed E-state index contributed by atoms with van der Waals surface area (Å²) in [5.74, 6) is 0.257.